The van der Waals surface area contributed by atoms with E-state index in [1.54, 1.807) is 0 Å². The van der Waals surface area contributed by atoms with Crippen LogP contribution in [0.4, 0.5) is 0 Å². The van der Waals surface area contributed by atoms with Gasteiger partial charge in [-0.25, -0.2) is 0 Å². The zero-order valence-corrected chi connectivity index (χ0v) is 13.7. The molecule has 1 aromatic rings. The highest BCUT2D eigenvalue weighted by Crippen LogP contribution is 2.37. The number of nitrogens with one attached hydrogen (secondary N) is 1. The molecule has 2 fully saturated rings. The van der Waals surface area contributed by atoms with Gasteiger partial charge >= 0.3 is 0 Å². The Morgan fingerprint density at radius 2 is 2.09 bits per heavy atom. The van der Waals surface area contributed by atoms with Gasteiger partial charge in [-0.15, -0.1) is 0 Å². The maximum absolute atomic E-state index is 12.9. The minimum Gasteiger partial charge on any atom is -0.393 e. The number of carbonyl (C=O) groups is 1. The molecule has 0 radical (unpaired) electrons. The topological polar surface area (TPSA) is 56.3 Å². The van der Waals surface area contributed by atoms with Crippen molar-refractivity contribution in [3.63, 3.8) is 0 Å². The predicted octanol–water partition coefficient (Wildman–Crippen LogP) is 3.11. The summed E-state index contributed by atoms with van der Waals surface area (Å²) >= 11 is 0. The second-order valence-corrected chi connectivity index (χ2v) is 7.26. The second-order valence-electron chi connectivity index (χ2n) is 7.26. The maximum Gasteiger partial charge on any atom is 0.255 e. The van der Waals surface area contributed by atoms with Gasteiger partial charge in [-0.05, 0) is 56.9 Å². The Morgan fingerprint density at radius 3 is 2.82 bits per heavy atom. The van der Waals surface area contributed by atoms with E-state index in [-0.39, 0.29) is 24.0 Å². The number of carbonyl (C=O) groups excluding carboxylic acids is 1. The molecule has 4 atom stereocenters. The quantitative estimate of drug-likeness (QED) is 0.882. The van der Waals surface area contributed by atoms with Crippen molar-refractivity contribution in [2.75, 3.05) is 6.54 Å². The second kappa shape index (κ2) is 6.45. The van der Waals surface area contributed by atoms with Gasteiger partial charge in [-0.2, -0.15) is 0 Å². The van der Waals surface area contributed by atoms with Crippen molar-refractivity contribution >= 4 is 5.91 Å². The van der Waals surface area contributed by atoms with Gasteiger partial charge in [0.05, 0.1) is 11.7 Å². The van der Waals surface area contributed by atoms with Crippen molar-refractivity contribution in [1.29, 1.82) is 0 Å². The van der Waals surface area contributed by atoms with Crippen LogP contribution in [-0.2, 0) is 0 Å². The minimum absolute atomic E-state index is 0.133. The number of aliphatic hydroxyl groups is 1. The Morgan fingerprint density at radius 1 is 1.27 bits per heavy atom. The van der Waals surface area contributed by atoms with Crippen LogP contribution < -0.4 is 0 Å². The molecule has 2 aliphatic rings. The lowest BCUT2D eigenvalue weighted by atomic mass is 9.74. The molecule has 1 aliphatic heterocycles. The fourth-order valence-corrected chi connectivity index (χ4v) is 4.30. The van der Waals surface area contributed by atoms with Gasteiger partial charge in [0.15, 0.2) is 0 Å². The van der Waals surface area contributed by atoms with Crippen molar-refractivity contribution in [3.05, 3.63) is 23.5 Å². The molecule has 3 rings (SSSR count). The van der Waals surface area contributed by atoms with Crippen molar-refractivity contribution in [1.82, 2.24) is 9.88 Å². The van der Waals surface area contributed by atoms with Crippen molar-refractivity contribution in [3.8, 4) is 0 Å². The van der Waals surface area contributed by atoms with E-state index in [1.165, 1.54) is 0 Å². The van der Waals surface area contributed by atoms with Crippen molar-refractivity contribution < 1.29 is 9.90 Å². The average molecular weight is 304 g/mol. The zero-order chi connectivity index (χ0) is 15.7. The van der Waals surface area contributed by atoms with Gasteiger partial charge in [0.25, 0.3) is 5.91 Å². The van der Waals surface area contributed by atoms with Gasteiger partial charge < -0.3 is 15.0 Å². The van der Waals surface area contributed by atoms with E-state index in [0.717, 1.165) is 56.2 Å². The number of aryl methyl sites for hydroxylation is 1. The number of aromatic amines is 1. The highest BCUT2D eigenvalue weighted by atomic mass is 16.3. The molecule has 0 bridgehead atoms. The zero-order valence-electron chi connectivity index (χ0n) is 13.7. The molecule has 1 aliphatic carbocycles. The van der Waals surface area contributed by atoms with E-state index < -0.39 is 0 Å². The van der Waals surface area contributed by atoms with E-state index in [9.17, 15) is 9.90 Å². The summed E-state index contributed by atoms with van der Waals surface area (Å²) in [5.74, 6) is 1.03. The SMILES string of the molecule is Cc1c[nH]cc1C(=O)N1CCCC[C@@H]1[C@@H]1C[C@H](C)CC[C@@H]1O. The van der Waals surface area contributed by atoms with Gasteiger partial charge in [-0.1, -0.05) is 6.92 Å². The highest BCUT2D eigenvalue weighted by Gasteiger charge is 2.39. The van der Waals surface area contributed by atoms with Crippen LogP contribution in [0, 0.1) is 18.8 Å². The summed E-state index contributed by atoms with van der Waals surface area (Å²) < 4.78 is 0. The van der Waals surface area contributed by atoms with Crippen LogP contribution in [0.15, 0.2) is 12.4 Å². The Hall–Kier alpha value is -1.29. The largest absolute Gasteiger partial charge is 0.393 e. The van der Waals surface area contributed by atoms with Crippen LogP contribution >= 0.6 is 0 Å². The third-order valence-corrected chi connectivity index (χ3v) is 5.61. The Labute approximate surface area is 132 Å². The molecular weight excluding hydrogens is 276 g/mol. The average Bonchev–Trinajstić information content (AvgIpc) is 2.95. The first-order valence-corrected chi connectivity index (χ1v) is 8.70. The number of rotatable bonds is 2. The van der Waals surface area contributed by atoms with Crippen LogP contribution in [-0.4, -0.2) is 39.6 Å². The van der Waals surface area contributed by atoms with E-state index >= 15 is 0 Å². The van der Waals surface area contributed by atoms with Crippen molar-refractivity contribution in [2.45, 2.75) is 64.5 Å². The fourth-order valence-electron chi connectivity index (χ4n) is 4.30. The van der Waals surface area contributed by atoms with Gasteiger partial charge in [0, 0.05) is 30.9 Å². The van der Waals surface area contributed by atoms with Crippen molar-refractivity contribution in [2.24, 2.45) is 11.8 Å². The number of aliphatic hydroxyl groups excluding tert-OH is 1. The molecule has 122 valence electrons. The first kappa shape index (κ1) is 15.6. The van der Waals surface area contributed by atoms with Crippen LogP contribution in [0.3, 0.4) is 0 Å². The fraction of sp³-hybridized carbons (Fsp3) is 0.722. The predicted molar refractivity (Wildman–Crippen MR) is 86.7 cm³/mol. The third kappa shape index (κ3) is 2.94. The third-order valence-electron chi connectivity index (χ3n) is 5.61. The first-order chi connectivity index (χ1) is 10.6. The lowest BCUT2D eigenvalue weighted by Gasteiger charge is -2.45. The number of hydrogen-bond acceptors (Lipinski definition) is 2. The lowest BCUT2D eigenvalue weighted by molar-refractivity contribution is -0.0121. The van der Waals surface area contributed by atoms with Crippen LogP contribution in [0.25, 0.3) is 0 Å². The first-order valence-electron chi connectivity index (χ1n) is 8.70. The molecule has 1 saturated carbocycles. The van der Waals surface area contributed by atoms with E-state index in [1.807, 2.05) is 24.2 Å². The molecule has 1 amide bonds. The lowest BCUT2D eigenvalue weighted by Crippen LogP contribution is -2.51. The number of hydrogen-bond donors (Lipinski definition) is 2. The van der Waals surface area contributed by atoms with Gasteiger partial charge in [0.1, 0.15) is 0 Å². The maximum atomic E-state index is 12.9. The molecule has 22 heavy (non-hydrogen) atoms. The number of likely N-dealkylation sites (tertiary alicyclic amines) is 1. The summed E-state index contributed by atoms with van der Waals surface area (Å²) in [4.78, 5) is 18.0. The molecule has 4 heteroatoms. The molecule has 1 aromatic heterocycles. The molecule has 4 nitrogen and oxygen atoms in total. The number of piperidine rings is 1. The normalized spacial score (nSPS) is 33.0. The number of nitrogens with zero attached hydrogens (tertiary/aromatic N) is 1. The summed E-state index contributed by atoms with van der Waals surface area (Å²) in [6, 6.07) is 0.202. The molecule has 2 N–H and O–H groups in total. The molecule has 1 saturated heterocycles. The van der Waals surface area contributed by atoms with Gasteiger partial charge in [-0.3, -0.25) is 4.79 Å². The number of H-pyrrole nitrogens is 1. The summed E-state index contributed by atoms with van der Waals surface area (Å²) in [7, 11) is 0. The Kier molecular flexibility index (Phi) is 4.57. The standard InChI is InChI=1S/C18H28N2O2/c1-12-6-7-17(21)14(9-12)16-5-3-4-8-20(16)18(22)15-11-19-10-13(15)2/h10-12,14,16-17,19,21H,3-9H2,1-2H3/t12-,14+,16-,17+/m1/s1. The van der Waals surface area contributed by atoms with E-state index in [4.69, 9.17) is 0 Å². The van der Waals surface area contributed by atoms with E-state index in [2.05, 4.69) is 11.9 Å². The Bertz CT molecular complexity index is 525. The van der Waals surface area contributed by atoms with E-state index in [0.29, 0.717) is 5.92 Å². The molecule has 0 unspecified atom stereocenters. The highest BCUT2D eigenvalue weighted by molar-refractivity contribution is 5.95. The monoisotopic (exact) mass is 304 g/mol. The molecular formula is C18H28N2O2. The Balaban J connectivity index is 1.82. The molecule has 0 spiro atoms. The van der Waals surface area contributed by atoms with Crippen LogP contribution in [0.1, 0.15) is 61.4 Å². The summed E-state index contributed by atoms with van der Waals surface area (Å²) in [6.07, 6.45) is 9.74. The molecule has 2 heterocycles. The summed E-state index contributed by atoms with van der Waals surface area (Å²) in [5.41, 5.74) is 1.79. The minimum atomic E-state index is -0.248. The summed E-state index contributed by atoms with van der Waals surface area (Å²) in [6.45, 7) is 5.07. The molecule has 0 aromatic carbocycles. The van der Waals surface area contributed by atoms with Crippen LogP contribution in [0.5, 0.6) is 0 Å². The number of amides is 1. The summed E-state index contributed by atoms with van der Waals surface area (Å²) in [5, 5.41) is 10.5. The van der Waals surface area contributed by atoms with Crippen LogP contribution in [0.2, 0.25) is 0 Å². The number of aromatic nitrogens is 1. The van der Waals surface area contributed by atoms with Gasteiger partial charge in [0.2, 0.25) is 0 Å². The smallest absolute Gasteiger partial charge is 0.255 e.